The van der Waals surface area contributed by atoms with Crippen molar-refractivity contribution in [2.75, 3.05) is 6.54 Å². The molecule has 1 aromatic carbocycles. The zero-order chi connectivity index (χ0) is 17.2. The molecule has 1 N–H and O–H groups in total. The molecule has 0 bridgehead atoms. The van der Waals surface area contributed by atoms with Crippen molar-refractivity contribution in [2.24, 2.45) is 0 Å². The van der Waals surface area contributed by atoms with Gasteiger partial charge >= 0.3 is 0 Å². The zero-order valence-corrected chi connectivity index (χ0v) is 14.9. The fourth-order valence-electron chi connectivity index (χ4n) is 2.65. The highest BCUT2D eigenvalue weighted by atomic mass is 16.2. The summed E-state index contributed by atoms with van der Waals surface area (Å²) in [5.74, 6) is -0.000962. The van der Waals surface area contributed by atoms with Crippen molar-refractivity contribution in [2.45, 2.75) is 66.0 Å². The molecule has 1 aromatic rings. The minimum absolute atomic E-state index is 0.0486. The highest BCUT2D eigenvalue weighted by Crippen LogP contribution is 2.15. The van der Waals surface area contributed by atoms with Gasteiger partial charge in [-0.15, -0.1) is 0 Å². The molecular weight excluding hydrogens is 288 g/mol. The molecule has 1 atom stereocenters. The van der Waals surface area contributed by atoms with Crippen molar-refractivity contribution >= 4 is 11.8 Å². The van der Waals surface area contributed by atoms with E-state index in [0.29, 0.717) is 25.9 Å². The highest BCUT2D eigenvalue weighted by molar-refractivity contribution is 5.87. The molecule has 1 rings (SSSR count). The van der Waals surface area contributed by atoms with Gasteiger partial charge in [-0.05, 0) is 31.7 Å². The number of carbonyl (C=O) groups excluding carboxylic acids is 2. The number of hydrogen-bond donors (Lipinski definition) is 1. The fraction of sp³-hybridized carbons (Fsp3) is 0.579. The van der Waals surface area contributed by atoms with Crippen LogP contribution in [0.25, 0.3) is 0 Å². The Balaban J connectivity index is 2.97. The van der Waals surface area contributed by atoms with Crippen LogP contribution in [-0.2, 0) is 16.1 Å². The fourth-order valence-corrected chi connectivity index (χ4v) is 2.65. The van der Waals surface area contributed by atoms with Crippen molar-refractivity contribution in [3.05, 3.63) is 35.4 Å². The third kappa shape index (κ3) is 6.05. The van der Waals surface area contributed by atoms with Gasteiger partial charge in [-0.1, -0.05) is 50.6 Å². The van der Waals surface area contributed by atoms with Gasteiger partial charge in [0.15, 0.2) is 0 Å². The van der Waals surface area contributed by atoms with Gasteiger partial charge in [0.1, 0.15) is 6.04 Å². The smallest absolute Gasteiger partial charge is 0.242 e. The largest absolute Gasteiger partial charge is 0.354 e. The van der Waals surface area contributed by atoms with Crippen LogP contribution in [0.4, 0.5) is 0 Å². The lowest BCUT2D eigenvalue weighted by molar-refractivity contribution is -0.141. The molecule has 0 heterocycles. The number of amides is 2. The molecule has 4 nitrogen and oxygen atoms in total. The lowest BCUT2D eigenvalue weighted by atomic mass is 10.1. The summed E-state index contributed by atoms with van der Waals surface area (Å²) in [6, 6.07) is 7.71. The van der Waals surface area contributed by atoms with Gasteiger partial charge in [0.25, 0.3) is 0 Å². The summed E-state index contributed by atoms with van der Waals surface area (Å²) in [5.41, 5.74) is 2.23. The molecule has 0 unspecified atom stereocenters. The average Bonchev–Trinajstić information content (AvgIpc) is 2.53. The Kier molecular flexibility index (Phi) is 8.38. The molecule has 0 aliphatic heterocycles. The monoisotopic (exact) mass is 318 g/mol. The first kappa shape index (κ1) is 19.2. The van der Waals surface area contributed by atoms with Gasteiger partial charge in [0.05, 0.1) is 0 Å². The minimum Gasteiger partial charge on any atom is -0.354 e. The second kappa shape index (κ2) is 10.0. The normalized spacial score (nSPS) is 11.8. The Morgan fingerprint density at radius 2 is 1.91 bits per heavy atom. The molecule has 0 saturated carbocycles. The average molecular weight is 318 g/mol. The number of nitrogens with zero attached hydrogens (tertiary/aromatic N) is 1. The van der Waals surface area contributed by atoms with E-state index in [-0.39, 0.29) is 11.8 Å². The van der Waals surface area contributed by atoms with Gasteiger partial charge in [0.2, 0.25) is 11.8 Å². The molecule has 23 heavy (non-hydrogen) atoms. The second-order valence-electron chi connectivity index (χ2n) is 5.98. The Labute approximate surface area is 140 Å². The topological polar surface area (TPSA) is 49.4 Å². The Morgan fingerprint density at radius 3 is 2.48 bits per heavy atom. The molecule has 0 fully saturated rings. The van der Waals surface area contributed by atoms with E-state index in [1.807, 2.05) is 45.9 Å². The molecule has 4 heteroatoms. The lowest BCUT2D eigenvalue weighted by Crippen LogP contribution is -2.49. The number of nitrogens with one attached hydrogen (secondary N) is 1. The van der Waals surface area contributed by atoms with Crippen molar-refractivity contribution in [3.8, 4) is 0 Å². The van der Waals surface area contributed by atoms with Crippen molar-refractivity contribution in [1.29, 1.82) is 0 Å². The molecule has 0 spiro atoms. The SMILES string of the molecule is CCCNC(=O)[C@@H](CC)N(Cc1cccc(C)c1)C(=O)CCC. The van der Waals surface area contributed by atoms with Crippen molar-refractivity contribution in [3.63, 3.8) is 0 Å². The predicted octanol–water partition coefficient (Wildman–Crippen LogP) is 3.43. The third-order valence-electron chi connectivity index (χ3n) is 3.83. The molecule has 0 aliphatic rings. The van der Waals surface area contributed by atoms with Crippen molar-refractivity contribution in [1.82, 2.24) is 10.2 Å². The number of hydrogen-bond acceptors (Lipinski definition) is 2. The standard InChI is InChI=1S/C19H30N2O2/c1-5-9-18(22)21(14-16-11-8-10-15(4)13-16)17(7-3)19(23)20-12-6-2/h8,10-11,13,17H,5-7,9,12,14H2,1-4H3,(H,20,23)/t17-/m1/s1. The van der Waals surface area contributed by atoms with E-state index in [1.165, 1.54) is 0 Å². The maximum Gasteiger partial charge on any atom is 0.242 e. The van der Waals surface area contributed by atoms with Gasteiger partial charge in [0, 0.05) is 19.5 Å². The molecule has 0 aromatic heterocycles. The highest BCUT2D eigenvalue weighted by Gasteiger charge is 2.27. The lowest BCUT2D eigenvalue weighted by Gasteiger charge is -2.30. The second-order valence-corrected chi connectivity index (χ2v) is 5.98. The minimum atomic E-state index is -0.402. The molecule has 0 radical (unpaired) electrons. The quantitative estimate of drug-likeness (QED) is 0.758. The van der Waals surface area contributed by atoms with Crippen LogP contribution >= 0.6 is 0 Å². The number of rotatable bonds is 9. The number of carbonyl (C=O) groups is 2. The summed E-state index contributed by atoms with van der Waals surface area (Å²) in [5, 5.41) is 2.93. The predicted molar refractivity (Wildman–Crippen MR) is 94.0 cm³/mol. The van der Waals surface area contributed by atoms with Gasteiger partial charge in [-0.3, -0.25) is 9.59 Å². The molecule has 0 aliphatic carbocycles. The Bertz CT molecular complexity index is 514. The molecular formula is C19H30N2O2. The van der Waals surface area contributed by atoms with E-state index >= 15 is 0 Å². The van der Waals surface area contributed by atoms with Crippen LogP contribution in [0.2, 0.25) is 0 Å². The van der Waals surface area contributed by atoms with Crippen molar-refractivity contribution < 1.29 is 9.59 Å². The molecule has 2 amide bonds. The van der Waals surface area contributed by atoms with Crippen LogP contribution in [0.1, 0.15) is 57.6 Å². The molecule has 128 valence electrons. The maximum absolute atomic E-state index is 12.6. The van der Waals surface area contributed by atoms with Crippen LogP contribution in [-0.4, -0.2) is 29.3 Å². The summed E-state index contributed by atoms with van der Waals surface area (Å²) in [6.45, 7) is 9.13. The Hall–Kier alpha value is -1.84. The van der Waals surface area contributed by atoms with Gasteiger partial charge in [-0.25, -0.2) is 0 Å². The summed E-state index contributed by atoms with van der Waals surface area (Å²) in [7, 11) is 0. The number of aryl methyl sites for hydroxylation is 1. The van der Waals surface area contributed by atoms with E-state index < -0.39 is 6.04 Å². The first-order valence-electron chi connectivity index (χ1n) is 8.66. The summed E-state index contributed by atoms with van der Waals surface area (Å²) in [4.78, 5) is 26.7. The van der Waals surface area contributed by atoms with E-state index in [1.54, 1.807) is 4.90 Å². The summed E-state index contributed by atoms with van der Waals surface area (Å²) in [6.07, 6.45) is 2.78. The van der Waals surface area contributed by atoms with E-state index in [0.717, 1.165) is 24.0 Å². The summed E-state index contributed by atoms with van der Waals surface area (Å²) < 4.78 is 0. The van der Waals surface area contributed by atoms with Gasteiger partial charge < -0.3 is 10.2 Å². The molecule has 0 saturated heterocycles. The van der Waals surface area contributed by atoms with E-state index in [4.69, 9.17) is 0 Å². The summed E-state index contributed by atoms with van der Waals surface area (Å²) >= 11 is 0. The van der Waals surface area contributed by atoms with Crippen LogP contribution in [0.15, 0.2) is 24.3 Å². The van der Waals surface area contributed by atoms with Crippen LogP contribution in [0.3, 0.4) is 0 Å². The van der Waals surface area contributed by atoms with Crippen LogP contribution in [0, 0.1) is 6.92 Å². The third-order valence-corrected chi connectivity index (χ3v) is 3.83. The van der Waals surface area contributed by atoms with Crippen LogP contribution in [0.5, 0.6) is 0 Å². The Morgan fingerprint density at radius 1 is 1.17 bits per heavy atom. The first-order chi connectivity index (χ1) is 11.0. The van der Waals surface area contributed by atoms with Crippen LogP contribution < -0.4 is 5.32 Å². The van der Waals surface area contributed by atoms with E-state index in [9.17, 15) is 9.59 Å². The number of benzene rings is 1. The first-order valence-corrected chi connectivity index (χ1v) is 8.66. The maximum atomic E-state index is 12.6. The zero-order valence-electron chi connectivity index (χ0n) is 14.9. The van der Waals surface area contributed by atoms with E-state index in [2.05, 4.69) is 11.4 Å². The van der Waals surface area contributed by atoms with Gasteiger partial charge in [-0.2, -0.15) is 0 Å².